The Morgan fingerprint density at radius 2 is 2.05 bits per heavy atom. The zero-order valence-corrected chi connectivity index (χ0v) is 14.0. The van der Waals surface area contributed by atoms with Gasteiger partial charge in [-0.05, 0) is 40.0 Å². The van der Waals surface area contributed by atoms with Gasteiger partial charge >= 0.3 is 5.97 Å². The van der Waals surface area contributed by atoms with Crippen LogP contribution in [0, 0.1) is 5.92 Å². The average molecular weight is 415 g/mol. The SMILES string of the molecule is CC(CNS(=O)(=O)c1cc(Br)ccc1Br)CC(=O)O. The maximum atomic E-state index is 12.1. The van der Waals surface area contributed by atoms with E-state index in [-0.39, 0.29) is 23.8 Å². The minimum Gasteiger partial charge on any atom is -0.481 e. The van der Waals surface area contributed by atoms with Gasteiger partial charge in [-0.3, -0.25) is 4.79 Å². The molecule has 0 aromatic heterocycles. The summed E-state index contributed by atoms with van der Waals surface area (Å²) >= 11 is 6.39. The van der Waals surface area contributed by atoms with E-state index < -0.39 is 16.0 Å². The largest absolute Gasteiger partial charge is 0.481 e. The van der Waals surface area contributed by atoms with Gasteiger partial charge in [-0.25, -0.2) is 13.1 Å². The highest BCUT2D eigenvalue weighted by atomic mass is 79.9. The Labute approximate surface area is 128 Å². The van der Waals surface area contributed by atoms with Crippen LogP contribution >= 0.6 is 31.9 Å². The number of aliphatic carboxylic acids is 1. The summed E-state index contributed by atoms with van der Waals surface area (Å²) in [5.74, 6) is -1.23. The lowest BCUT2D eigenvalue weighted by atomic mass is 10.1. The van der Waals surface area contributed by atoms with Crippen LogP contribution in [-0.4, -0.2) is 26.0 Å². The molecule has 0 bridgehead atoms. The Balaban J connectivity index is 2.81. The van der Waals surface area contributed by atoms with E-state index in [4.69, 9.17) is 5.11 Å². The van der Waals surface area contributed by atoms with Crippen LogP contribution in [0.1, 0.15) is 13.3 Å². The normalized spacial score (nSPS) is 13.2. The van der Waals surface area contributed by atoms with E-state index in [9.17, 15) is 13.2 Å². The molecule has 19 heavy (non-hydrogen) atoms. The molecule has 0 radical (unpaired) electrons. The molecule has 0 aliphatic heterocycles. The summed E-state index contributed by atoms with van der Waals surface area (Å²) in [6.45, 7) is 1.75. The Morgan fingerprint density at radius 1 is 1.42 bits per heavy atom. The predicted octanol–water partition coefficient (Wildman–Crippen LogP) is 2.60. The van der Waals surface area contributed by atoms with Crippen LogP contribution in [0.25, 0.3) is 0 Å². The van der Waals surface area contributed by atoms with Crippen LogP contribution in [-0.2, 0) is 14.8 Å². The summed E-state index contributed by atoms with van der Waals surface area (Å²) in [5, 5.41) is 8.62. The summed E-state index contributed by atoms with van der Waals surface area (Å²) in [6, 6.07) is 4.82. The Kier molecular flexibility index (Phi) is 5.97. The van der Waals surface area contributed by atoms with Crippen molar-refractivity contribution in [3.05, 3.63) is 27.1 Å². The van der Waals surface area contributed by atoms with Crippen molar-refractivity contribution in [2.24, 2.45) is 5.92 Å². The lowest BCUT2D eigenvalue weighted by molar-refractivity contribution is -0.137. The maximum absolute atomic E-state index is 12.1. The molecule has 1 aromatic rings. The van der Waals surface area contributed by atoms with Crippen molar-refractivity contribution in [3.63, 3.8) is 0 Å². The van der Waals surface area contributed by atoms with Gasteiger partial charge in [-0.1, -0.05) is 22.9 Å². The van der Waals surface area contributed by atoms with Gasteiger partial charge in [0.2, 0.25) is 10.0 Å². The van der Waals surface area contributed by atoms with Gasteiger partial charge in [-0.2, -0.15) is 0 Å². The fourth-order valence-electron chi connectivity index (χ4n) is 1.38. The van der Waals surface area contributed by atoms with E-state index in [0.717, 1.165) is 0 Å². The fourth-order valence-corrected chi connectivity index (χ4v) is 4.05. The third-order valence-electron chi connectivity index (χ3n) is 2.33. The summed E-state index contributed by atoms with van der Waals surface area (Å²) in [5.41, 5.74) is 0. The van der Waals surface area contributed by atoms with Crippen molar-refractivity contribution < 1.29 is 18.3 Å². The number of sulfonamides is 1. The van der Waals surface area contributed by atoms with Crippen molar-refractivity contribution in [3.8, 4) is 0 Å². The average Bonchev–Trinajstić information content (AvgIpc) is 2.29. The highest BCUT2D eigenvalue weighted by molar-refractivity contribution is 9.11. The quantitative estimate of drug-likeness (QED) is 0.749. The molecule has 0 saturated heterocycles. The zero-order chi connectivity index (χ0) is 14.6. The van der Waals surface area contributed by atoms with Crippen LogP contribution in [0.3, 0.4) is 0 Å². The lowest BCUT2D eigenvalue weighted by Gasteiger charge is -2.12. The summed E-state index contributed by atoms with van der Waals surface area (Å²) < 4.78 is 27.7. The minimum atomic E-state index is -3.66. The van der Waals surface area contributed by atoms with E-state index in [2.05, 4.69) is 36.6 Å². The zero-order valence-electron chi connectivity index (χ0n) is 10.1. The highest BCUT2D eigenvalue weighted by Gasteiger charge is 2.19. The third-order valence-corrected chi connectivity index (χ3v) is 5.24. The fraction of sp³-hybridized carbons (Fsp3) is 0.364. The Morgan fingerprint density at radius 3 is 2.63 bits per heavy atom. The molecule has 1 aromatic carbocycles. The second kappa shape index (κ2) is 6.83. The maximum Gasteiger partial charge on any atom is 0.303 e. The van der Waals surface area contributed by atoms with E-state index in [1.54, 1.807) is 19.1 Å². The van der Waals surface area contributed by atoms with Crippen molar-refractivity contribution in [2.45, 2.75) is 18.2 Å². The number of carboxylic acids is 1. The van der Waals surface area contributed by atoms with Gasteiger partial charge in [0, 0.05) is 21.9 Å². The van der Waals surface area contributed by atoms with Crippen molar-refractivity contribution in [1.82, 2.24) is 4.72 Å². The molecule has 2 N–H and O–H groups in total. The number of halogens is 2. The number of carboxylic acid groups (broad SMARTS) is 1. The van der Waals surface area contributed by atoms with Crippen LogP contribution in [0.5, 0.6) is 0 Å². The molecule has 0 fully saturated rings. The van der Waals surface area contributed by atoms with E-state index in [0.29, 0.717) is 8.95 Å². The molecule has 0 aliphatic carbocycles. The molecule has 0 heterocycles. The van der Waals surface area contributed by atoms with Crippen LogP contribution in [0.15, 0.2) is 32.0 Å². The lowest BCUT2D eigenvalue weighted by Crippen LogP contribution is -2.29. The molecule has 0 aliphatic rings. The predicted molar refractivity (Wildman–Crippen MR) is 78.4 cm³/mol. The minimum absolute atomic E-state index is 0.0770. The molecule has 1 rings (SSSR count). The first kappa shape index (κ1) is 16.6. The van der Waals surface area contributed by atoms with Crippen LogP contribution < -0.4 is 4.72 Å². The summed E-state index contributed by atoms with van der Waals surface area (Å²) in [4.78, 5) is 10.6. The molecule has 1 atom stereocenters. The van der Waals surface area contributed by atoms with Crippen molar-refractivity contribution in [1.29, 1.82) is 0 Å². The molecule has 8 heteroatoms. The first-order valence-electron chi connectivity index (χ1n) is 5.39. The molecule has 106 valence electrons. The van der Waals surface area contributed by atoms with Gasteiger partial charge in [-0.15, -0.1) is 0 Å². The van der Waals surface area contributed by atoms with Gasteiger partial charge in [0.1, 0.15) is 0 Å². The summed E-state index contributed by atoms with van der Waals surface area (Å²) in [6.07, 6.45) is -0.0812. The smallest absolute Gasteiger partial charge is 0.303 e. The summed E-state index contributed by atoms with van der Waals surface area (Å²) in [7, 11) is -3.66. The van der Waals surface area contributed by atoms with E-state index >= 15 is 0 Å². The molecule has 5 nitrogen and oxygen atoms in total. The number of rotatable bonds is 6. The van der Waals surface area contributed by atoms with Crippen LogP contribution in [0.2, 0.25) is 0 Å². The van der Waals surface area contributed by atoms with Gasteiger partial charge in [0.25, 0.3) is 0 Å². The van der Waals surface area contributed by atoms with E-state index in [1.165, 1.54) is 6.07 Å². The topological polar surface area (TPSA) is 83.5 Å². The van der Waals surface area contributed by atoms with Crippen LogP contribution in [0.4, 0.5) is 0 Å². The second-order valence-corrected chi connectivity index (χ2v) is 7.64. The van der Waals surface area contributed by atoms with Gasteiger partial charge in [0.15, 0.2) is 0 Å². The molecular formula is C11H13Br2NO4S. The number of carbonyl (C=O) groups is 1. The first-order chi connectivity index (χ1) is 8.72. The second-order valence-electron chi connectivity index (χ2n) is 4.13. The number of hydrogen-bond acceptors (Lipinski definition) is 3. The Bertz CT molecular complexity index is 574. The van der Waals surface area contributed by atoms with Crippen molar-refractivity contribution >= 4 is 47.9 Å². The highest BCUT2D eigenvalue weighted by Crippen LogP contribution is 2.25. The van der Waals surface area contributed by atoms with E-state index in [1.807, 2.05) is 0 Å². The number of benzene rings is 1. The monoisotopic (exact) mass is 413 g/mol. The first-order valence-corrected chi connectivity index (χ1v) is 8.46. The Hall–Kier alpha value is -0.440. The molecule has 0 saturated carbocycles. The molecular weight excluding hydrogens is 402 g/mol. The molecule has 0 spiro atoms. The molecule has 1 unspecified atom stereocenters. The number of nitrogens with one attached hydrogen (secondary N) is 1. The van der Waals surface area contributed by atoms with Gasteiger partial charge < -0.3 is 5.11 Å². The molecule has 0 amide bonds. The third kappa shape index (κ3) is 5.21. The van der Waals surface area contributed by atoms with Crippen molar-refractivity contribution in [2.75, 3.05) is 6.54 Å². The standard InChI is InChI=1S/C11H13Br2NO4S/c1-7(4-11(15)16)6-14-19(17,18)10-5-8(12)2-3-9(10)13/h2-3,5,7,14H,4,6H2,1H3,(H,15,16). The number of hydrogen-bond donors (Lipinski definition) is 2. The van der Waals surface area contributed by atoms with Gasteiger partial charge in [0.05, 0.1) is 4.90 Å².